The van der Waals surface area contributed by atoms with Crippen LogP contribution in [0.15, 0.2) is 72.8 Å². The van der Waals surface area contributed by atoms with Crippen molar-refractivity contribution in [3.05, 3.63) is 88.9 Å². The lowest BCUT2D eigenvalue weighted by Crippen LogP contribution is -2.42. The first kappa shape index (κ1) is 28.1. The highest BCUT2D eigenvalue weighted by molar-refractivity contribution is 8.00. The Balaban J connectivity index is 1.54. The molecular formula is C31H29ClN4O5S. The van der Waals surface area contributed by atoms with Crippen LogP contribution in [0.5, 0.6) is 11.5 Å². The Kier molecular flexibility index (Phi) is 8.36. The molecule has 3 aromatic carbocycles. The van der Waals surface area contributed by atoms with Gasteiger partial charge in [0.25, 0.3) is 0 Å². The molecule has 0 fully saturated rings. The minimum atomic E-state index is -0.306. The largest absolute Gasteiger partial charge is 0.454 e. The Morgan fingerprint density at radius 1 is 1.10 bits per heavy atom. The number of hydrogen-bond donors (Lipinski definition) is 1. The number of para-hydroxylation sites is 1. The molecule has 216 valence electrons. The molecule has 9 nitrogen and oxygen atoms in total. The van der Waals surface area contributed by atoms with Gasteiger partial charge in [0, 0.05) is 31.4 Å². The van der Waals surface area contributed by atoms with Crippen molar-refractivity contribution in [1.82, 2.24) is 15.1 Å². The Hall–Kier alpha value is -3.99. The minimum Gasteiger partial charge on any atom is -0.454 e. The predicted octanol–water partition coefficient (Wildman–Crippen LogP) is 5.24. The van der Waals surface area contributed by atoms with Crippen LogP contribution in [0.1, 0.15) is 22.8 Å². The third-order valence-corrected chi connectivity index (χ3v) is 8.64. The highest BCUT2D eigenvalue weighted by Gasteiger charge is 2.38. The van der Waals surface area contributed by atoms with Gasteiger partial charge in [0.2, 0.25) is 18.6 Å². The van der Waals surface area contributed by atoms with E-state index in [0.29, 0.717) is 53.3 Å². The number of ether oxygens (including phenoxy) is 3. The number of benzene rings is 3. The van der Waals surface area contributed by atoms with E-state index in [-0.39, 0.29) is 36.2 Å². The topological polar surface area (TPSA) is 94.9 Å². The first-order chi connectivity index (χ1) is 20.5. The number of amides is 2. The third-order valence-electron chi connectivity index (χ3n) is 7.07. The number of halogens is 1. The van der Waals surface area contributed by atoms with Crippen LogP contribution in [0.2, 0.25) is 5.02 Å². The third kappa shape index (κ3) is 5.57. The van der Waals surface area contributed by atoms with E-state index in [1.54, 1.807) is 17.9 Å². The summed E-state index contributed by atoms with van der Waals surface area (Å²) in [6.07, 6.45) is 0.666. The van der Waals surface area contributed by atoms with Crippen molar-refractivity contribution in [2.75, 3.05) is 44.3 Å². The molecule has 2 aliphatic rings. The Bertz CT molecular complexity index is 1610. The Morgan fingerprint density at radius 2 is 1.88 bits per heavy atom. The van der Waals surface area contributed by atoms with Crippen LogP contribution in [-0.2, 0) is 14.3 Å². The summed E-state index contributed by atoms with van der Waals surface area (Å²) in [5.74, 6) is 1.51. The highest BCUT2D eigenvalue weighted by atomic mass is 35.5. The number of rotatable bonds is 9. The van der Waals surface area contributed by atoms with Crippen molar-refractivity contribution in [1.29, 1.82) is 0 Å². The minimum absolute atomic E-state index is 0.154. The molecule has 0 bridgehead atoms. The van der Waals surface area contributed by atoms with E-state index >= 15 is 0 Å². The average Bonchev–Trinajstić information content (AvgIpc) is 3.61. The van der Waals surface area contributed by atoms with Gasteiger partial charge in [0.1, 0.15) is 12.4 Å². The molecule has 1 N–H and O–H groups in total. The molecule has 0 radical (unpaired) electrons. The number of hydrogen-bond acceptors (Lipinski definition) is 7. The molecule has 2 amide bonds. The van der Waals surface area contributed by atoms with Gasteiger partial charge in [-0.15, -0.1) is 11.8 Å². The van der Waals surface area contributed by atoms with Crippen LogP contribution >= 0.6 is 23.4 Å². The summed E-state index contributed by atoms with van der Waals surface area (Å²) in [5, 5.41) is 8.16. The SMILES string of the molecule is COCCCNC(=O)CN1C(=O)CS[C@H](c2ccc3c(c2)OCO3)c2c(-c3ccccc3)nn(-c3ccccc3Cl)c21. The maximum Gasteiger partial charge on any atom is 0.240 e. The van der Waals surface area contributed by atoms with Crippen LogP contribution in [0, 0.1) is 0 Å². The van der Waals surface area contributed by atoms with Gasteiger partial charge in [0.15, 0.2) is 11.5 Å². The first-order valence-electron chi connectivity index (χ1n) is 13.6. The molecule has 42 heavy (non-hydrogen) atoms. The fraction of sp³-hybridized carbons (Fsp3) is 0.258. The normalized spacial score (nSPS) is 15.8. The van der Waals surface area contributed by atoms with Gasteiger partial charge in [-0.1, -0.05) is 60.1 Å². The lowest BCUT2D eigenvalue weighted by Gasteiger charge is -2.23. The van der Waals surface area contributed by atoms with Crippen LogP contribution in [0.4, 0.5) is 5.82 Å². The van der Waals surface area contributed by atoms with Crippen molar-refractivity contribution >= 4 is 41.0 Å². The molecule has 6 rings (SSSR count). The number of fused-ring (bicyclic) bond motifs is 2. The molecule has 1 atom stereocenters. The second kappa shape index (κ2) is 12.5. The number of aromatic nitrogens is 2. The zero-order valence-electron chi connectivity index (χ0n) is 22.9. The standard InChI is InChI=1S/C31H29ClN4O5S/c1-39-15-7-14-33-26(37)17-35-27(38)18-42-30(21-12-13-24-25(16-21)41-19-40-24)28-29(20-8-3-2-4-9-20)34-36(31(28)35)23-11-6-5-10-22(23)32/h2-6,8-13,16,30H,7,14-15,17-19H2,1H3,(H,33,37)/t30-/m1/s1. The maximum atomic E-state index is 13.9. The maximum absolute atomic E-state index is 13.9. The van der Waals surface area contributed by atoms with Gasteiger partial charge < -0.3 is 19.5 Å². The highest BCUT2D eigenvalue weighted by Crippen LogP contribution is 2.50. The molecule has 0 aliphatic carbocycles. The van der Waals surface area contributed by atoms with Crippen molar-refractivity contribution in [3.63, 3.8) is 0 Å². The Labute approximate surface area is 252 Å². The van der Waals surface area contributed by atoms with E-state index in [2.05, 4.69) is 5.32 Å². The number of nitrogens with zero attached hydrogens (tertiary/aromatic N) is 3. The van der Waals surface area contributed by atoms with Crippen LogP contribution in [-0.4, -0.2) is 60.9 Å². The number of carbonyl (C=O) groups is 2. The van der Waals surface area contributed by atoms with Gasteiger partial charge in [-0.3, -0.25) is 14.5 Å². The van der Waals surface area contributed by atoms with Crippen molar-refractivity contribution in [2.24, 2.45) is 0 Å². The van der Waals surface area contributed by atoms with E-state index < -0.39 is 0 Å². The predicted molar refractivity (Wildman–Crippen MR) is 163 cm³/mol. The number of carbonyl (C=O) groups excluding carboxylic acids is 2. The molecule has 3 heterocycles. The van der Waals surface area contributed by atoms with E-state index in [1.807, 2.05) is 66.7 Å². The molecule has 0 spiro atoms. The summed E-state index contributed by atoms with van der Waals surface area (Å²) in [6.45, 7) is 0.959. The summed E-state index contributed by atoms with van der Waals surface area (Å²) in [6, 6.07) is 23.0. The van der Waals surface area contributed by atoms with Crippen molar-refractivity contribution in [3.8, 4) is 28.4 Å². The second-order valence-corrected chi connectivity index (χ2v) is 11.3. The monoisotopic (exact) mass is 604 g/mol. The van der Waals surface area contributed by atoms with Gasteiger partial charge >= 0.3 is 0 Å². The molecule has 0 saturated heterocycles. The van der Waals surface area contributed by atoms with Gasteiger partial charge in [0.05, 0.1) is 27.4 Å². The first-order valence-corrected chi connectivity index (χ1v) is 15.0. The number of nitrogens with one attached hydrogen (secondary N) is 1. The van der Waals surface area contributed by atoms with Gasteiger partial charge in [-0.05, 0) is 36.2 Å². The summed E-state index contributed by atoms with van der Waals surface area (Å²) in [7, 11) is 1.62. The molecule has 2 aliphatic heterocycles. The number of methoxy groups -OCH3 is 1. The van der Waals surface area contributed by atoms with Crippen LogP contribution in [0.25, 0.3) is 16.9 Å². The zero-order chi connectivity index (χ0) is 29.1. The fourth-order valence-corrected chi connectivity index (χ4v) is 6.51. The molecule has 4 aromatic rings. The number of thioether (sulfide) groups is 1. The summed E-state index contributed by atoms with van der Waals surface area (Å²) >= 11 is 8.20. The molecule has 11 heteroatoms. The summed E-state index contributed by atoms with van der Waals surface area (Å²) in [5.41, 5.74) is 3.92. The van der Waals surface area contributed by atoms with E-state index in [4.69, 9.17) is 30.9 Å². The van der Waals surface area contributed by atoms with Crippen molar-refractivity contribution < 1.29 is 23.8 Å². The second-order valence-electron chi connectivity index (χ2n) is 9.80. The van der Waals surface area contributed by atoms with Gasteiger partial charge in [-0.2, -0.15) is 5.10 Å². The lowest BCUT2D eigenvalue weighted by molar-refractivity contribution is -0.122. The fourth-order valence-electron chi connectivity index (χ4n) is 5.10. The summed E-state index contributed by atoms with van der Waals surface area (Å²) in [4.78, 5) is 28.6. The number of anilines is 1. The van der Waals surface area contributed by atoms with Crippen LogP contribution < -0.4 is 19.7 Å². The van der Waals surface area contributed by atoms with E-state index in [0.717, 1.165) is 16.7 Å². The van der Waals surface area contributed by atoms with Gasteiger partial charge in [-0.25, -0.2) is 4.68 Å². The zero-order valence-corrected chi connectivity index (χ0v) is 24.5. The van der Waals surface area contributed by atoms with E-state index in [9.17, 15) is 9.59 Å². The molecule has 1 aromatic heterocycles. The molecule has 0 saturated carbocycles. The summed E-state index contributed by atoms with van der Waals surface area (Å²) < 4.78 is 18.0. The smallest absolute Gasteiger partial charge is 0.240 e. The van der Waals surface area contributed by atoms with E-state index in [1.165, 1.54) is 16.7 Å². The van der Waals surface area contributed by atoms with Crippen molar-refractivity contribution in [2.45, 2.75) is 11.7 Å². The lowest BCUT2D eigenvalue weighted by atomic mass is 9.99. The molecular weight excluding hydrogens is 576 g/mol. The quantitative estimate of drug-likeness (QED) is 0.261. The molecule has 0 unspecified atom stereocenters. The Morgan fingerprint density at radius 3 is 2.69 bits per heavy atom. The average molecular weight is 605 g/mol. The van der Waals surface area contributed by atoms with Crippen LogP contribution in [0.3, 0.4) is 0 Å².